The monoisotopic (exact) mass is 383 g/mol. The molecule has 8 heteroatoms. The van der Waals surface area contributed by atoms with E-state index in [1.165, 1.54) is 40.0 Å². The first-order valence-corrected chi connectivity index (χ1v) is 9.97. The summed E-state index contributed by atoms with van der Waals surface area (Å²) >= 11 is 1.39. The molecular formula is C19H21N5O2S. The van der Waals surface area contributed by atoms with Crippen LogP contribution in [0, 0.1) is 0 Å². The van der Waals surface area contributed by atoms with Crippen LogP contribution in [0.15, 0.2) is 40.5 Å². The maximum atomic E-state index is 12.4. The average molecular weight is 383 g/mol. The van der Waals surface area contributed by atoms with Crippen molar-refractivity contribution in [2.45, 2.75) is 45.2 Å². The molecular weight excluding hydrogens is 362 g/mol. The Morgan fingerprint density at radius 3 is 2.81 bits per heavy atom. The van der Waals surface area contributed by atoms with Crippen LogP contribution < -0.4 is 11.0 Å². The number of aryl methyl sites for hydroxylation is 2. The maximum absolute atomic E-state index is 12.4. The molecule has 0 aliphatic heterocycles. The van der Waals surface area contributed by atoms with Crippen molar-refractivity contribution >= 4 is 17.2 Å². The molecule has 0 saturated heterocycles. The number of benzene rings is 1. The summed E-state index contributed by atoms with van der Waals surface area (Å²) in [5.74, 6) is -0.263. The van der Waals surface area contributed by atoms with Gasteiger partial charge in [-0.05, 0) is 77.2 Å². The molecule has 140 valence electrons. The van der Waals surface area contributed by atoms with E-state index >= 15 is 0 Å². The zero-order valence-electron chi connectivity index (χ0n) is 15.1. The van der Waals surface area contributed by atoms with E-state index in [0.717, 1.165) is 23.1 Å². The Bertz CT molecular complexity index is 1010. The van der Waals surface area contributed by atoms with Crippen molar-refractivity contribution in [1.82, 2.24) is 25.1 Å². The number of hydrogen-bond acceptors (Lipinski definition) is 5. The van der Waals surface area contributed by atoms with Gasteiger partial charge in [-0.25, -0.2) is 4.79 Å². The molecule has 2 aromatic heterocycles. The lowest BCUT2D eigenvalue weighted by atomic mass is 9.89. The number of aromatic nitrogens is 4. The van der Waals surface area contributed by atoms with Crippen LogP contribution in [0.2, 0.25) is 0 Å². The van der Waals surface area contributed by atoms with Crippen molar-refractivity contribution in [2.24, 2.45) is 0 Å². The molecule has 0 saturated carbocycles. The van der Waals surface area contributed by atoms with Crippen molar-refractivity contribution in [3.8, 4) is 5.00 Å². The van der Waals surface area contributed by atoms with Gasteiger partial charge in [0.15, 0.2) is 0 Å². The Kier molecular flexibility index (Phi) is 4.89. The lowest BCUT2D eigenvalue weighted by Crippen LogP contribution is -2.34. The number of nitrogens with one attached hydrogen (secondary N) is 1. The van der Waals surface area contributed by atoms with Gasteiger partial charge in [0.2, 0.25) is 5.91 Å². The second-order valence-electron chi connectivity index (χ2n) is 6.81. The number of carbonyl (C=O) groups excluding carboxylic acids is 1. The number of fused-ring (bicyclic) bond motifs is 1. The molecule has 1 unspecified atom stereocenters. The standard InChI is InChI=1S/C19H21N5O2S/c1-13(15-9-8-14-5-2-3-6-16(14)11-15)20-17(25)12-23-19(26)24(22-21-23)18-7-4-10-27-18/h4,7-11,13H,2-3,5-6,12H2,1H3,(H,20,25). The van der Waals surface area contributed by atoms with Crippen LogP contribution in [0.25, 0.3) is 5.00 Å². The molecule has 4 rings (SSSR count). The number of nitrogens with zero attached hydrogens (tertiary/aromatic N) is 4. The molecule has 1 aromatic carbocycles. The Hall–Kier alpha value is -2.74. The smallest absolute Gasteiger partial charge is 0.348 e. The third-order valence-corrected chi connectivity index (χ3v) is 5.74. The fourth-order valence-electron chi connectivity index (χ4n) is 3.43. The van der Waals surface area contributed by atoms with Gasteiger partial charge >= 0.3 is 5.69 Å². The largest absolute Gasteiger partial charge is 0.369 e. The summed E-state index contributed by atoms with van der Waals surface area (Å²) in [5, 5.41) is 13.1. The third-order valence-electron chi connectivity index (χ3n) is 4.90. The van der Waals surface area contributed by atoms with Gasteiger partial charge in [0.25, 0.3) is 0 Å². The van der Waals surface area contributed by atoms with Gasteiger partial charge in [0.1, 0.15) is 11.5 Å². The highest BCUT2D eigenvalue weighted by Crippen LogP contribution is 2.24. The molecule has 1 amide bonds. The van der Waals surface area contributed by atoms with Crippen molar-refractivity contribution in [3.63, 3.8) is 0 Å². The molecule has 1 atom stereocenters. The highest BCUT2D eigenvalue weighted by atomic mass is 32.1. The lowest BCUT2D eigenvalue weighted by Gasteiger charge is -2.20. The molecule has 0 spiro atoms. The molecule has 1 aliphatic rings. The van der Waals surface area contributed by atoms with Crippen LogP contribution in [0.4, 0.5) is 0 Å². The molecule has 0 radical (unpaired) electrons. The highest BCUT2D eigenvalue weighted by molar-refractivity contribution is 7.12. The first kappa shape index (κ1) is 17.7. The fraction of sp³-hybridized carbons (Fsp3) is 0.368. The van der Waals surface area contributed by atoms with E-state index < -0.39 is 5.69 Å². The van der Waals surface area contributed by atoms with Gasteiger partial charge in [-0.3, -0.25) is 4.79 Å². The first-order valence-electron chi connectivity index (χ1n) is 9.09. The summed E-state index contributed by atoms with van der Waals surface area (Å²) in [7, 11) is 0. The Labute approximate surface area is 160 Å². The van der Waals surface area contributed by atoms with Crippen LogP contribution in [0.3, 0.4) is 0 Å². The number of thiophene rings is 1. The van der Waals surface area contributed by atoms with Crippen LogP contribution in [0.5, 0.6) is 0 Å². The normalized spacial score (nSPS) is 14.6. The Morgan fingerprint density at radius 2 is 2.04 bits per heavy atom. The number of tetrazole rings is 1. The quantitative estimate of drug-likeness (QED) is 0.733. The van der Waals surface area contributed by atoms with Gasteiger partial charge in [-0.1, -0.05) is 18.2 Å². The van der Waals surface area contributed by atoms with Crippen LogP contribution in [-0.2, 0) is 24.2 Å². The molecule has 0 fully saturated rings. The van der Waals surface area contributed by atoms with E-state index in [1.807, 2.05) is 18.4 Å². The van der Waals surface area contributed by atoms with Crippen molar-refractivity contribution in [2.75, 3.05) is 0 Å². The minimum Gasteiger partial charge on any atom is -0.348 e. The molecule has 1 aliphatic carbocycles. The molecule has 1 N–H and O–H groups in total. The molecule has 2 heterocycles. The number of amides is 1. The van der Waals surface area contributed by atoms with Crippen LogP contribution in [-0.4, -0.2) is 25.7 Å². The van der Waals surface area contributed by atoms with Crippen LogP contribution in [0.1, 0.15) is 42.5 Å². The number of carbonyl (C=O) groups is 1. The summed E-state index contributed by atoms with van der Waals surface area (Å²) in [5.41, 5.74) is 3.46. The molecule has 27 heavy (non-hydrogen) atoms. The predicted octanol–water partition coefficient (Wildman–Crippen LogP) is 2.25. The third kappa shape index (κ3) is 3.71. The van der Waals surface area contributed by atoms with Gasteiger partial charge in [-0.2, -0.15) is 9.36 Å². The summed E-state index contributed by atoms with van der Waals surface area (Å²) in [6.45, 7) is 1.80. The highest BCUT2D eigenvalue weighted by Gasteiger charge is 2.16. The van der Waals surface area contributed by atoms with Crippen molar-refractivity contribution in [1.29, 1.82) is 0 Å². The van der Waals surface area contributed by atoms with Gasteiger partial charge in [0, 0.05) is 0 Å². The van der Waals surface area contributed by atoms with E-state index in [4.69, 9.17) is 0 Å². The van der Waals surface area contributed by atoms with Gasteiger partial charge in [0.05, 0.1) is 6.04 Å². The first-order chi connectivity index (χ1) is 13.1. The SMILES string of the molecule is CC(NC(=O)Cn1nnn(-c2cccs2)c1=O)c1ccc2c(c1)CCCC2. The Morgan fingerprint density at radius 1 is 1.22 bits per heavy atom. The molecule has 0 bridgehead atoms. The second kappa shape index (κ2) is 7.48. The molecule has 3 aromatic rings. The lowest BCUT2D eigenvalue weighted by molar-refractivity contribution is -0.122. The number of hydrogen-bond donors (Lipinski definition) is 1. The average Bonchev–Trinajstić information content (AvgIpc) is 3.32. The zero-order chi connectivity index (χ0) is 18.8. The number of rotatable bonds is 5. The van der Waals surface area contributed by atoms with Crippen molar-refractivity contribution in [3.05, 3.63) is 62.9 Å². The maximum Gasteiger partial charge on any atom is 0.369 e. The van der Waals surface area contributed by atoms with Gasteiger partial charge in [-0.15, -0.1) is 11.3 Å². The summed E-state index contributed by atoms with van der Waals surface area (Å²) < 4.78 is 2.28. The van der Waals surface area contributed by atoms with E-state index in [0.29, 0.717) is 5.00 Å². The Balaban J connectivity index is 1.43. The van der Waals surface area contributed by atoms with E-state index in [1.54, 1.807) is 6.07 Å². The second-order valence-corrected chi connectivity index (χ2v) is 7.73. The van der Waals surface area contributed by atoms with E-state index in [-0.39, 0.29) is 18.5 Å². The molecule has 7 nitrogen and oxygen atoms in total. The fourth-order valence-corrected chi connectivity index (χ4v) is 4.10. The van der Waals surface area contributed by atoms with Crippen LogP contribution >= 0.6 is 11.3 Å². The van der Waals surface area contributed by atoms with Gasteiger partial charge < -0.3 is 5.32 Å². The topological polar surface area (TPSA) is 81.8 Å². The summed E-state index contributed by atoms with van der Waals surface area (Å²) in [4.78, 5) is 24.7. The van der Waals surface area contributed by atoms with Crippen molar-refractivity contribution < 1.29 is 4.79 Å². The summed E-state index contributed by atoms with van der Waals surface area (Å²) in [6.07, 6.45) is 4.71. The zero-order valence-corrected chi connectivity index (χ0v) is 15.9. The summed E-state index contributed by atoms with van der Waals surface area (Å²) in [6, 6.07) is 9.92. The van der Waals surface area contributed by atoms with E-state index in [9.17, 15) is 9.59 Å². The minimum absolute atomic E-state index is 0.132. The predicted molar refractivity (Wildman–Crippen MR) is 103 cm³/mol. The van der Waals surface area contributed by atoms with E-state index in [2.05, 4.69) is 33.9 Å². The minimum atomic E-state index is -0.422.